The van der Waals surface area contributed by atoms with Crippen LogP contribution in [-0.2, 0) is 4.74 Å². The van der Waals surface area contributed by atoms with Crippen molar-refractivity contribution in [2.45, 2.75) is 0 Å². The molecule has 4 heteroatoms. The summed E-state index contributed by atoms with van der Waals surface area (Å²) in [6.07, 6.45) is 3.55. The summed E-state index contributed by atoms with van der Waals surface area (Å²) in [5.41, 5.74) is 1.46. The largest absolute Gasteiger partial charge is 0.480 e. The van der Waals surface area contributed by atoms with Crippen molar-refractivity contribution in [1.82, 2.24) is 9.38 Å². The van der Waals surface area contributed by atoms with E-state index in [9.17, 15) is 0 Å². The minimum Gasteiger partial charge on any atom is -0.480 e. The van der Waals surface area contributed by atoms with E-state index < -0.39 is 0 Å². The summed E-state index contributed by atoms with van der Waals surface area (Å²) in [7, 11) is 1.47. The van der Waals surface area contributed by atoms with Crippen LogP contribution in [0.15, 0.2) is 30.7 Å². The van der Waals surface area contributed by atoms with Crippen LogP contribution in [0.3, 0.4) is 0 Å². The lowest BCUT2D eigenvalue weighted by Crippen LogP contribution is -2.02. The Hall–Kier alpha value is -1.84. The van der Waals surface area contributed by atoms with Crippen LogP contribution < -0.4 is 0 Å². The lowest BCUT2D eigenvalue weighted by molar-refractivity contribution is 0.400. The quantitative estimate of drug-likeness (QED) is 0.524. The Morgan fingerprint density at radius 3 is 3.15 bits per heavy atom. The highest BCUT2D eigenvalue weighted by Crippen LogP contribution is 2.09. The lowest BCUT2D eigenvalue weighted by atomic mass is 10.3. The van der Waals surface area contributed by atoms with Gasteiger partial charge in [-0.05, 0) is 12.1 Å². The minimum absolute atomic E-state index is 0.0914. The second-order valence-corrected chi connectivity index (χ2v) is 2.62. The second-order valence-electron chi connectivity index (χ2n) is 2.62. The van der Waals surface area contributed by atoms with Gasteiger partial charge in [-0.1, -0.05) is 6.07 Å². The van der Waals surface area contributed by atoms with Gasteiger partial charge < -0.3 is 9.14 Å². The standard InChI is InChI=1S/C9H9N3O/c1-13-9(10)8-7-4-2-3-5-12(7)6-11-8/h2-6,10H,1H3. The zero-order chi connectivity index (χ0) is 9.26. The van der Waals surface area contributed by atoms with E-state index in [1.54, 1.807) is 6.33 Å². The normalized spacial score (nSPS) is 10.2. The maximum atomic E-state index is 7.48. The molecule has 0 saturated heterocycles. The monoisotopic (exact) mass is 175 g/mol. The number of hydrogen-bond donors (Lipinski definition) is 1. The van der Waals surface area contributed by atoms with Crippen molar-refractivity contribution in [2.24, 2.45) is 0 Å². The Bertz CT molecular complexity index is 447. The number of methoxy groups -OCH3 is 1. The summed E-state index contributed by atoms with van der Waals surface area (Å²) in [6.45, 7) is 0. The highest BCUT2D eigenvalue weighted by molar-refractivity contribution is 5.96. The molecule has 0 saturated carbocycles. The smallest absolute Gasteiger partial charge is 0.234 e. The molecule has 1 N–H and O–H groups in total. The molecule has 2 rings (SSSR count). The average Bonchev–Trinajstić information content (AvgIpc) is 2.60. The predicted octanol–water partition coefficient (Wildman–Crippen LogP) is 1.31. The summed E-state index contributed by atoms with van der Waals surface area (Å²) >= 11 is 0. The first-order valence-corrected chi connectivity index (χ1v) is 3.87. The van der Waals surface area contributed by atoms with E-state index in [0.29, 0.717) is 5.69 Å². The number of fused-ring (bicyclic) bond motifs is 1. The molecule has 0 spiro atoms. The van der Waals surface area contributed by atoms with Gasteiger partial charge in [0.2, 0.25) is 5.90 Å². The van der Waals surface area contributed by atoms with Gasteiger partial charge in [0.25, 0.3) is 0 Å². The Labute approximate surface area is 75.3 Å². The van der Waals surface area contributed by atoms with Crippen molar-refractivity contribution in [1.29, 1.82) is 5.41 Å². The fraction of sp³-hybridized carbons (Fsp3) is 0.111. The third-order valence-corrected chi connectivity index (χ3v) is 1.86. The maximum absolute atomic E-state index is 7.48. The molecule has 13 heavy (non-hydrogen) atoms. The van der Waals surface area contributed by atoms with E-state index >= 15 is 0 Å². The summed E-state index contributed by atoms with van der Waals surface area (Å²) < 4.78 is 6.66. The summed E-state index contributed by atoms with van der Waals surface area (Å²) in [5, 5.41) is 7.48. The molecule has 0 aliphatic heterocycles. The van der Waals surface area contributed by atoms with Gasteiger partial charge in [-0.2, -0.15) is 0 Å². The summed E-state index contributed by atoms with van der Waals surface area (Å²) in [4.78, 5) is 4.08. The summed E-state index contributed by atoms with van der Waals surface area (Å²) in [5.74, 6) is 0.0914. The molecular formula is C9H9N3O. The highest BCUT2D eigenvalue weighted by atomic mass is 16.5. The minimum atomic E-state index is 0.0914. The molecule has 2 aromatic heterocycles. The Morgan fingerprint density at radius 2 is 2.38 bits per heavy atom. The molecule has 0 aliphatic rings. The fourth-order valence-electron chi connectivity index (χ4n) is 1.22. The predicted molar refractivity (Wildman–Crippen MR) is 49.0 cm³/mol. The molecule has 0 aliphatic carbocycles. The van der Waals surface area contributed by atoms with Gasteiger partial charge in [-0.3, -0.25) is 5.41 Å². The topological polar surface area (TPSA) is 50.4 Å². The van der Waals surface area contributed by atoms with Gasteiger partial charge in [0.05, 0.1) is 12.6 Å². The number of imidazole rings is 1. The van der Waals surface area contributed by atoms with Crippen molar-refractivity contribution in [3.8, 4) is 0 Å². The van der Waals surface area contributed by atoms with E-state index in [-0.39, 0.29) is 5.90 Å². The van der Waals surface area contributed by atoms with Crippen LogP contribution in [0.2, 0.25) is 0 Å². The Kier molecular flexibility index (Phi) is 1.73. The number of pyridine rings is 1. The van der Waals surface area contributed by atoms with E-state index in [0.717, 1.165) is 5.52 Å². The second kappa shape index (κ2) is 2.90. The first-order chi connectivity index (χ1) is 6.33. The zero-order valence-electron chi connectivity index (χ0n) is 7.19. The SMILES string of the molecule is COC(=N)c1ncn2ccccc12. The number of nitrogens with zero attached hydrogens (tertiary/aromatic N) is 2. The first kappa shape index (κ1) is 7.79. The van der Waals surface area contributed by atoms with Gasteiger partial charge in [-0.15, -0.1) is 0 Å². The van der Waals surface area contributed by atoms with Crippen LogP contribution in [0, 0.1) is 5.41 Å². The van der Waals surface area contributed by atoms with Crippen molar-refractivity contribution in [2.75, 3.05) is 7.11 Å². The van der Waals surface area contributed by atoms with E-state index in [1.165, 1.54) is 7.11 Å². The molecule has 0 bridgehead atoms. The number of aromatic nitrogens is 2. The third kappa shape index (κ3) is 1.16. The molecular weight excluding hydrogens is 166 g/mol. The van der Waals surface area contributed by atoms with Crippen LogP contribution in [0.1, 0.15) is 5.69 Å². The van der Waals surface area contributed by atoms with Crippen molar-refractivity contribution < 1.29 is 4.74 Å². The molecule has 2 aromatic rings. The maximum Gasteiger partial charge on any atom is 0.234 e. The van der Waals surface area contributed by atoms with Crippen LogP contribution in [0.5, 0.6) is 0 Å². The Morgan fingerprint density at radius 1 is 1.54 bits per heavy atom. The third-order valence-electron chi connectivity index (χ3n) is 1.86. The summed E-state index contributed by atoms with van der Waals surface area (Å²) in [6, 6.07) is 5.72. The zero-order valence-corrected chi connectivity index (χ0v) is 7.19. The number of nitrogens with one attached hydrogen (secondary N) is 1. The van der Waals surface area contributed by atoms with Gasteiger partial charge in [-0.25, -0.2) is 4.98 Å². The number of ether oxygens (including phenoxy) is 1. The van der Waals surface area contributed by atoms with E-state index in [2.05, 4.69) is 4.98 Å². The molecule has 0 aromatic carbocycles. The van der Waals surface area contributed by atoms with E-state index in [1.807, 2.05) is 28.8 Å². The van der Waals surface area contributed by atoms with Gasteiger partial charge in [0.1, 0.15) is 6.33 Å². The van der Waals surface area contributed by atoms with Crippen LogP contribution in [0.25, 0.3) is 5.52 Å². The van der Waals surface area contributed by atoms with E-state index in [4.69, 9.17) is 10.1 Å². The molecule has 4 nitrogen and oxygen atoms in total. The van der Waals surface area contributed by atoms with Crippen LogP contribution in [-0.4, -0.2) is 22.4 Å². The molecule has 2 heterocycles. The highest BCUT2D eigenvalue weighted by Gasteiger charge is 2.08. The molecule has 66 valence electrons. The molecule has 0 amide bonds. The molecule has 0 atom stereocenters. The average molecular weight is 175 g/mol. The number of rotatable bonds is 1. The Balaban J connectivity index is 2.64. The molecule has 0 radical (unpaired) electrons. The van der Waals surface area contributed by atoms with Crippen molar-refractivity contribution in [3.05, 3.63) is 36.4 Å². The van der Waals surface area contributed by atoms with Crippen molar-refractivity contribution >= 4 is 11.4 Å². The fourth-order valence-corrected chi connectivity index (χ4v) is 1.22. The lowest BCUT2D eigenvalue weighted by Gasteiger charge is -1.98. The van der Waals surface area contributed by atoms with Gasteiger partial charge in [0.15, 0.2) is 5.69 Å². The van der Waals surface area contributed by atoms with Gasteiger partial charge >= 0.3 is 0 Å². The molecule has 0 unspecified atom stereocenters. The van der Waals surface area contributed by atoms with Gasteiger partial charge in [0, 0.05) is 6.20 Å². The van der Waals surface area contributed by atoms with Crippen LogP contribution >= 0.6 is 0 Å². The van der Waals surface area contributed by atoms with Crippen molar-refractivity contribution in [3.63, 3.8) is 0 Å². The first-order valence-electron chi connectivity index (χ1n) is 3.87. The van der Waals surface area contributed by atoms with Crippen LogP contribution in [0.4, 0.5) is 0 Å². The number of hydrogen-bond acceptors (Lipinski definition) is 3. The molecule has 0 fully saturated rings.